The maximum Gasteiger partial charge on any atom is 0.329 e. The molecular formula is C14H15ClN2O5S. The summed E-state index contributed by atoms with van der Waals surface area (Å²) in [5, 5.41) is 10.9. The number of ether oxygens (including phenoxy) is 1. The molecule has 1 aliphatic heterocycles. The van der Waals surface area contributed by atoms with Crippen LogP contribution in [0.1, 0.15) is 17.3 Å². The lowest BCUT2D eigenvalue weighted by molar-refractivity contribution is -0.384. The van der Waals surface area contributed by atoms with Crippen LogP contribution in [0.2, 0.25) is 5.02 Å². The van der Waals surface area contributed by atoms with Crippen LogP contribution in [0.4, 0.5) is 5.69 Å². The van der Waals surface area contributed by atoms with Gasteiger partial charge in [-0.25, -0.2) is 4.79 Å². The summed E-state index contributed by atoms with van der Waals surface area (Å²) in [7, 11) is 0. The first-order chi connectivity index (χ1) is 11.0. The first-order valence-electron chi connectivity index (χ1n) is 6.95. The molecule has 1 saturated heterocycles. The van der Waals surface area contributed by atoms with Crippen LogP contribution in [-0.2, 0) is 9.53 Å². The minimum Gasteiger partial charge on any atom is -0.464 e. The maximum atomic E-state index is 12.6. The second-order valence-corrected chi connectivity index (χ2v) is 6.32. The van der Waals surface area contributed by atoms with E-state index in [1.165, 1.54) is 17.0 Å². The van der Waals surface area contributed by atoms with E-state index in [0.29, 0.717) is 18.1 Å². The van der Waals surface area contributed by atoms with Gasteiger partial charge >= 0.3 is 5.97 Å². The number of hydrogen-bond donors (Lipinski definition) is 0. The molecular weight excluding hydrogens is 344 g/mol. The van der Waals surface area contributed by atoms with Crippen molar-refractivity contribution < 1.29 is 19.2 Å². The first kappa shape index (κ1) is 17.6. The topological polar surface area (TPSA) is 89.8 Å². The molecule has 124 valence electrons. The predicted molar refractivity (Wildman–Crippen MR) is 86.9 cm³/mol. The van der Waals surface area contributed by atoms with Gasteiger partial charge in [-0.1, -0.05) is 11.6 Å². The van der Waals surface area contributed by atoms with Gasteiger partial charge in [-0.3, -0.25) is 14.9 Å². The molecule has 1 aromatic carbocycles. The zero-order chi connectivity index (χ0) is 17.0. The van der Waals surface area contributed by atoms with E-state index in [9.17, 15) is 19.7 Å². The Kier molecular flexibility index (Phi) is 5.84. The summed E-state index contributed by atoms with van der Waals surface area (Å²) in [5.74, 6) is 0.233. The fraction of sp³-hybridized carbons (Fsp3) is 0.429. The minimum absolute atomic E-state index is 0.0392. The largest absolute Gasteiger partial charge is 0.464 e. The monoisotopic (exact) mass is 358 g/mol. The normalized spacial score (nSPS) is 17.7. The van der Waals surface area contributed by atoms with E-state index < -0.39 is 22.8 Å². The number of rotatable bonds is 4. The highest BCUT2D eigenvalue weighted by Crippen LogP contribution is 2.27. The number of esters is 1. The zero-order valence-corrected chi connectivity index (χ0v) is 13.9. The molecule has 0 aromatic heterocycles. The van der Waals surface area contributed by atoms with Crippen LogP contribution in [0, 0.1) is 10.1 Å². The fourth-order valence-electron chi connectivity index (χ4n) is 2.23. The predicted octanol–water partition coefficient (Wildman–Crippen LogP) is 2.37. The van der Waals surface area contributed by atoms with Gasteiger partial charge in [-0.05, 0) is 19.1 Å². The van der Waals surface area contributed by atoms with Gasteiger partial charge < -0.3 is 9.64 Å². The number of nitrogens with zero attached hydrogens (tertiary/aromatic N) is 2. The van der Waals surface area contributed by atoms with Gasteiger partial charge in [-0.2, -0.15) is 11.8 Å². The Balaban J connectivity index is 2.28. The molecule has 0 radical (unpaired) electrons. The van der Waals surface area contributed by atoms with Crippen molar-refractivity contribution >= 4 is 40.9 Å². The highest BCUT2D eigenvalue weighted by molar-refractivity contribution is 7.99. The number of amides is 1. The summed E-state index contributed by atoms with van der Waals surface area (Å²) in [6.07, 6.45) is 0. The Labute approximate surface area is 142 Å². The Morgan fingerprint density at radius 2 is 2.26 bits per heavy atom. The lowest BCUT2D eigenvalue weighted by atomic mass is 10.1. The summed E-state index contributed by atoms with van der Waals surface area (Å²) in [5.41, 5.74) is -0.209. The molecule has 7 nitrogen and oxygen atoms in total. The van der Waals surface area contributed by atoms with Gasteiger partial charge in [0.25, 0.3) is 11.6 Å². The van der Waals surface area contributed by atoms with Crippen molar-refractivity contribution in [3.63, 3.8) is 0 Å². The quantitative estimate of drug-likeness (QED) is 0.466. The van der Waals surface area contributed by atoms with Crippen molar-refractivity contribution in [2.24, 2.45) is 0 Å². The number of nitro groups is 1. The zero-order valence-electron chi connectivity index (χ0n) is 12.4. The van der Waals surface area contributed by atoms with Crippen LogP contribution in [-0.4, -0.2) is 52.4 Å². The summed E-state index contributed by atoms with van der Waals surface area (Å²) in [6, 6.07) is 3.18. The molecule has 1 amide bonds. The molecule has 1 unspecified atom stereocenters. The van der Waals surface area contributed by atoms with E-state index in [-0.39, 0.29) is 22.9 Å². The Bertz CT molecular complexity index is 640. The van der Waals surface area contributed by atoms with E-state index in [1.54, 1.807) is 18.7 Å². The van der Waals surface area contributed by atoms with Crippen molar-refractivity contribution in [1.29, 1.82) is 0 Å². The number of thioether (sulfide) groups is 1. The first-order valence-corrected chi connectivity index (χ1v) is 8.48. The summed E-state index contributed by atoms with van der Waals surface area (Å²) in [6.45, 7) is 2.31. The number of hydrogen-bond acceptors (Lipinski definition) is 6. The van der Waals surface area contributed by atoms with Gasteiger partial charge in [0.05, 0.1) is 11.5 Å². The van der Waals surface area contributed by atoms with Crippen molar-refractivity contribution in [3.05, 3.63) is 38.9 Å². The second kappa shape index (κ2) is 7.65. The van der Waals surface area contributed by atoms with Gasteiger partial charge in [0.15, 0.2) is 0 Å². The van der Waals surface area contributed by atoms with Gasteiger partial charge in [0.2, 0.25) is 0 Å². The van der Waals surface area contributed by atoms with Crippen LogP contribution < -0.4 is 0 Å². The molecule has 0 saturated carbocycles. The van der Waals surface area contributed by atoms with Crippen molar-refractivity contribution in [3.8, 4) is 0 Å². The molecule has 0 bridgehead atoms. The molecule has 1 atom stereocenters. The molecule has 2 rings (SSSR count). The van der Waals surface area contributed by atoms with Gasteiger partial charge in [-0.15, -0.1) is 0 Å². The lowest BCUT2D eigenvalue weighted by Crippen LogP contribution is -2.51. The highest BCUT2D eigenvalue weighted by Gasteiger charge is 2.34. The number of halogens is 1. The number of carbonyl (C=O) groups excluding carboxylic acids is 2. The standard InChI is InChI=1S/C14H15ClN2O5S/c1-2-22-14(19)12-8-23-6-5-16(12)13(18)9-3-4-10(15)11(7-9)17(20)21/h3-4,7,12H,2,5-6,8H2,1H3. The van der Waals surface area contributed by atoms with E-state index in [0.717, 1.165) is 6.07 Å². The average molecular weight is 359 g/mol. The Morgan fingerprint density at radius 1 is 1.52 bits per heavy atom. The molecule has 0 N–H and O–H groups in total. The average Bonchev–Trinajstić information content (AvgIpc) is 2.54. The molecule has 0 spiro atoms. The maximum absolute atomic E-state index is 12.6. The van der Waals surface area contributed by atoms with E-state index in [2.05, 4.69) is 0 Å². The summed E-state index contributed by atoms with van der Waals surface area (Å²) < 4.78 is 5.00. The van der Waals surface area contributed by atoms with Crippen LogP contribution in [0.25, 0.3) is 0 Å². The summed E-state index contributed by atoms with van der Waals surface area (Å²) >= 11 is 7.32. The van der Waals surface area contributed by atoms with Crippen molar-refractivity contribution in [1.82, 2.24) is 4.90 Å². The van der Waals surface area contributed by atoms with E-state index >= 15 is 0 Å². The lowest BCUT2D eigenvalue weighted by Gasteiger charge is -2.33. The summed E-state index contributed by atoms with van der Waals surface area (Å²) in [4.78, 5) is 36.4. The minimum atomic E-state index is -0.684. The third kappa shape index (κ3) is 3.94. The molecule has 1 aromatic rings. The van der Waals surface area contributed by atoms with Crippen LogP contribution in [0.5, 0.6) is 0 Å². The second-order valence-electron chi connectivity index (χ2n) is 4.76. The van der Waals surface area contributed by atoms with Crippen molar-refractivity contribution in [2.75, 3.05) is 24.7 Å². The van der Waals surface area contributed by atoms with Crippen LogP contribution in [0.15, 0.2) is 18.2 Å². The molecule has 1 heterocycles. The SMILES string of the molecule is CCOC(=O)C1CSCCN1C(=O)c1ccc(Cl)c([N+](=O)[O-])c1. The smallest absolute Gasteiger partial charge is 0.329 e. The molecule has 23 heavy (non-hydrogen) atoms. The number of nitro benzene ring substituents is 1. The van der Waals surface area contributed by atoms with Crippen LogP contribution in [0.3, 0.4) is 0 Å². The van der Waals surface area contributed by atoms with Gasteiger partial charge in [0, 0.05) is 29.7 Å². The number of benzene rings is 1. The molecule has 9 heteroatoms. The Morgan fingerprint density at radius 3 is 2.91 bits per heavy atom. The third-order valence-corrected chi connectivity index (χ3v) is 4.68. The van der Waals surface area contributed by atoms with Gasteiger partial charge in [0.1, 0.15) is 11.1 Å². The molecule has 1 fully saturated rings. The molecule has 0 aliphatic carbocycles. The third-order valence-electron chi connectivity index (χ3n) is 3.34. The highest BCUT2D eigenvalue weighted by atomic mass is 35.5. The fourth-order valence-corrected chi connectivity index (χ4v) is 3.45. The number of carbonyl (C=O) groups is 2. The van der Waals surface area contributed by atoms with Crippen LogP contribution >= 0.6 is 23.4 Å². The van der Waals surface area contributed by atoms with E-state index in [1.807, 2.05) is 0 Å². The molecule has 1 aliphatic rings. The van der Waals surface area contributed by atoms with E-state index in [4.69, 9.17) is 16.3 Å². The Hall–Kier alpha value is -1.80. The van der Waals surface area contributed by atoms with Crippen molar-refractivity contribution in [2.45, 2.75) is 13.0 Å².